The molecule has 0 saturated carbocycles. The van der Waals surface area contributed by atoms with Crippen LogP contribution in [0.15, 0.2) is 12.1 Å². The van der Waals surface area contributed by atoms with Gasteiger partial charge in [0, 0.05) is 19.3 Å². The maximum Gasteiger partial charge on any atom is 0.267 e. The lowest BCUT2D eigenvalue weighted by Gasteiger charge is -2.06. The summed E-state index contributed by atoms with van der Waals surface area (Å²) < 4.78 is 1.89. The van der Waals surface area contributed by atoms with E-state index in [1.54, 1.807) is 0 Å². The van der Waals surface area contributed by atoms with Crippen molar-refractivity contribution >= 4 is 5.91 Å². The Morgan fingerprint density at radius 2 is 2.20 bits per heavy atom. The molecule has 4 nitrogen and oxygen atoms in total. The van der Waals surface area contributed by atoms with Crippen LogP contribution in [0.4, 0.5) is 0 Å². The Labute approximate surface area is 90.5 Å². The molecule has 0 aliphatic heterocycles. The van der Waals surface area contributed by atoms with Crippen molar-refractivity contribution in [1.29, 1.82) is 0 Å². The summed E-state index contributed by atoms with van der Waals surface area (Å²) in [7, 11) is 1.89. The Hall–Kier alpha value is -1.29. The predicted octanol–water partition coefficient (Wildman–Crippen LogP) is 0.802. The van der Waals surface area contributed by atoms with Gasteiger partial charge in [-0.25, -0.2) is 0 Å². The number of hydrogen-bond donors (Lipinski definition) is 2. The molecule has 84 valence electrons. The number of unbranched alkanes of at least 4 members (excludes halogenated alkanes) is 1. The zero-order chi connectivity index (χ0) is 11.3. The minimum atomic E-state index is -0.0115. The summed E-state index contributed by atoms with van der Waals surface area (Å²) in [5.41, 5.74) is 7.16. The van der Waals surface area contributed by atoms with Crippen LogP contribution >= 0.6 is 0 Å². The molecule has 1 aromatic rings. The lowest BCUT2D eigenvalue weighted by Crippen LogP contribution is -2.26. The van der Waals surface area contributed by atoms with E-state index >= 15 is 0 Å². The van der Waals surface area contributed by atoms with Crippen molar-refractivity contribution in [3.05, 3.63) is 23.5 Å². The number of aromatic nitrogens is 1. The molecule has 0 unspecified atom stereocenters. The Morgan fingerprint density at radius 1 is 1.47 bits per heavy atom. The molecular weight excluding hydrogens is 190 g/mol. The van der Waals surface area contributed by atoms with Crippen LogP contribution in [0.25, 0.3) is 0 Å². The Balaban J connectivity index is 2.44. The molecule has 0 radical (unpaired) electrons. The summed E-state index contributed by atoms with van der Waals surface area (Å²) in [6.07, 6.45) is 1.89. The van der Waals surface area contributed by atoms with Gasteiger partial charge in [0.15, 0.2) is 0 Å². The fraction of sp³-hybridized carbons (Fsp3) is 0.545. The van der Waals surface area contributed by atoms with Crippen LogP contribution in [-0.4, -0.2) is 23.6 Å². The molecule has 0 aromatic carbocycles. The molecule has 15 heavy (non-hydrogen) atoms. The second-order valence-electron chi connectivity index (χ2n) is 3.67. The van der Waals surface area contributed by atoms with Crippen LogP contribution in [0.5, 0.6) is 0 Å². The maximum absolute atomic E-state index is 11.7. The zero-order valence-electron chi connectivity index (χ0n) is 9.42. The van der Waals surface area contributed by atoms with E-state index in [0.717, 1.165) is 18.5 Å². The summed E-state index contributed by atoms with van der Waals surface area (Å²) in [5.74, 6) is -0.0115. The molecule has 1 heterocycles. The molecule has 0 aliphatic carbocycles. The molecule has 4 heteroatoms. The predicted molar refractivity (Wildman–Crippen MR) is 60.8 cm³/mol. The lowest BCUT2D eigenvalue weighted by atomic mass is 10.3. The number of aryl methyl sites for hydroxylation is 1. The molecule has 1 rings (SSSR count). The highest BCUT2D eigenvalue weighted by atomic mass is 16.1. The van der Waals surface area contributed by atoms with E-state index in [-0.39, 0.29) is 5.91 Å². The Morgan fingerprint density at radius 3 is 2.73 bits per heavy atom. The molecule has 3 N–H and O–H groups in total. The summed E-state index contributed by atoms with van der Waals surface area (Å²) >= 11 is 0. The van der Waals surface area contributed by atoms with Gasteiger partial charge in [0.05, 0.1) is 0 Å². The molecule has 0 fully saturated rings. The maximum atomic E-state index is 11.7. The molecule has 1 aromatic heterocycles. The minimum Gasteiger partial charge on any atom is -0.351 e. The van der Waals surface area contributed by atoms with E-state index < -0.39 is 0 Å². The van der Waals surface area contributed by atoms with Crippen LogP contribution in [0.2, 0.25) is 0 Å². The largest absolute Gasteiger partial charge is 0.351 e. The van der Waals surface area contributed by atoms with Crippen molar-refractivity contribution in [2.24, 2.45) is 12.8 Å². The van der Waals surface area contributed by atoms with Crippen molar-refractivity contribution in [2.75, 3.05) is 13.1 Å². The molecule has 0 saturated heterocycles. The number of hydrogen-bond acceptors (Lipinski definition) is 2. The number of carbonyl (C=O) groups excluding carboxylic acids is 1. The highest BCUT2D eigenvalue weighted by Crippen LogP contribution is 2.05. The molecule has 1 amide bonds. The zero-order valence-corrected chi connectivity index (χ0v) is 9.42. The fourth-order valence-electron chi connectivity index (χ4n) is 1.40. The topological polar surface area (TPSA) is 60.1 Å². The smallest absolute Gasteiger partial charge is 0.267 e. The van der Waals surface area contributed by atoms with Crippen LogP contribution in [0, 0.1) is 6.92 Å². The first kappa shape index (κ1) is 11.8. The van der Waals surface area contributed by atoms with Crippen LogP contribution in [0.3, 0.4) is 0 Å². The SMILES string of the molecule is Cc1ccc(C(=O)NCCCCN)n1C. The van der Waals surface area contributed by atoms with Gasteiger partial charge in [-0.3, -0.25) is 4.79 Å². The molecule has 0 spiro atoms. The van der Waals surface area contributed by atoms with E-state index in [0.29, 0.717) is 18.8 Å². The minimum absolute atomic E-state index is 0.0115. The van der Waals surface area contributed by atoms with Crippen LogP contribution in [-0.2, 0) is 7.05 Å². The van der Waals surface area contributed by atoms with E-state index in [9.17, 15) is 4.79 Å². The standard InChI is InChI=1S/C11H19N3O/c1-9-5-6-10(14(9)2)11(15)13-8-4-3-7-12/h5-6H,3-4,7-8,12H2,1-2H3,(H,13,15). The number of nitrogens with one attached hydrogen (secondary N) is 1. The average molecular weight is 209 g/mol. The van der Waals surface area contributed by atoms with Crippen molar-refractivity contribution < 1.29 is 4.79 Å². The van der Waals surface area contributed by atoms with E-state index in [2.05, 4.69) is 5.32 Å². The van der Waals surface area contributed by atoms with Crippen LogP contribution < -0.4 is 11.1 Å². The second-order valence-corrected chi connectivity index (χ2v) is 3.67. The molecule has 0 aliphatic rings. The normalized spacial score (nSPS) is 10.3. The van der Waals surface area contributed by atoms with Gasteiger partial charge < -0.3 is 15.6 Å². The van der Waals surface area contributed by atoms with Gasteiger partial charge in [-0.05, 0) is 38.4 Å². The lowest BCUT2D eigenvalue weighted by molar-refractivity contribution is 0.0944. The Bertz CT molecular complexity index is 331. The summed E-state index contributed by atoms with van der Waals surface area (Å²) in [4.78, 5) is 11.7. The third-order valence-corrected chi connectivity index (χ3v) is 2.52. The van der Waals surface area contributed by atoms with Gasteiger partial charge in [-0.2, -0.15) is 0 Å². The van der Waals surface area contributed by atoms with Gasteiger partial charge in [0.1, 0.15) is 5.69 Å². The molecule has 0 atom stereocenters. The average Bonchev–Trinajstić information content (AvgIpc) is 2.55. The second kappa shape index (κ2) is 5.56. The van der Waals surface area contributed by atoms with Crippen molar-refractivity contribution in [2.45, 2.75) is 19.8 Å². The quantitative estimate of drug-likeness (QED) is 0.705. The first-order chi connectivity index (χ1) is 7.16. The van der Waals surface area contributed by atoms with E-state index in [1.165, 1.54) is 0 Å². The summed E-state index contributed by atoms with van der Waals surface area (Å²) in [6.45, 7) is 3.35. The van der Waals surface area contributed by atoms with Gasteiger partial charge in [0.25, 0.3) is 5.91 Å². The van der Waals surface area contributed by atoms with Crippen LogP contribution in [0.1, 0.15) is 29.0 Å². The van der Waals surface area contributed by atoms with E-state index in [1.807, 2.05) is 30.7 Å². The monoisotopic (exact) mass is 209 g/mol. The number of carbonyl (C=O) groups is 1. The third kappa shape index (κ3) is 3.09. The first-order valence-electron chi connectivity index (χ1n) is 5.27. The highest BCUT2D eigenvalue weighted by molar-refractivity contribution is 5.92. The number of rotatable bonds is 5. The number of nitrogens with two attached hydrogens (primary N) is 1. The van der Waals surface area contributed by atoms with Gasteiger partial charge >= 0.3 is 0 Å². The number of amides is 1. The first-order valence-corrected chi connectivity index (χ1v) is 5.27. The Kier molecular flexibility index (Phi) is 4.37. The van der Waals surface area contributed by atoms with Crippen molar-refractivity contribution in [3.8, 4) is 0 Å². The van der Waals surface area contributed by atoms with Gasteiger partial charge in [-0.1, -0.05) is 0 Å². The number of nitrogens with zero attached hydrogens (tertiary/aromatic N) is 1. The van der Waals surface area contributed by atoms with Crippen molar-refractivity contribution in [3.63, 3.8) is 0 Å². The van der Waals surface area contributed by atoms with Gasteiger partial charge in [0.2, 0.25) is 0 Å². The molecular formula is C11H19N3O. The third-order valence-electron chi connectivity index (χ3n) is 2.52. The van der Waals surface area contributed by atoms with Crippen molar-refractivity contribution in [1.82, 2.24) is 9.88 Å². The fourth-order valence-corrected chi connectivity index (χ4v) is 1.40. The van der Waals surface area contributed by atoms with Gasteiger partial charge in [-0.15, -0.1) is 0 Å². The highest BCUT2D eigenvalue weighted by Gasteiger charge is 2.09. The summed E-state index contributed by atoms with van der Waals surface area (Å²) in [6, 6.07) is 3.78. The van der Waals surface area contributed by atoms with E-state index in [4.69, 9.17) is 5.73 Å². The molecule has 0 bridgehead atoms. The summed E-state index contributed by atoms with van der Waals surface area (Å²) in [5, 5.41) is 2.87.